The number of pyridine rings is 1. The van der Waals surface area contributed by atoms with E-state index in [1.807, 2.05) is 30.5 Å². The molecule has 0 atom stereocenters. The third kappa shape index (κ3) is 3.63. The molecule has 0 unspecified atom stereocenters. The first-order valence-corrected chi connectivity index (χ1v) is 13.5. The fraction of sp³-hybridized carbons (Fsp3) is 0. The number of furan rings is 1. The van der Waals surface area contributed by atoms with Crippen LogP contribution in [-0.4, -0.2) is 4.98 Å². The summed E-state index contributed by atoms with van der Waals surface area (Å²) in [4.78, 5) is 6.91. The fourth-order valence-corrected chi connectivity index (χ4v) is 5.82. The summed E-state index contributed by atoms with van der Waals surface area (Å²) in [5.41, 5.74) is 7.03. The van der Waals surface area contributed by atoms with E-state index in [1.54, 1.807) is 0 Å². The number of fused-ring (bicyclic) bond motifs is 6. The van der Waals surface area contributed by atoms with Gasteiger partial charge in [0.25, 0.3) is 0 Å². The molecule has 8 rings (SSSR count). The van der Waals surface area contributed by atoms with Crippen molar-refractivity contribution in [3.63, 3.8) is 0 Å². The first-order chi connectivity index (χ1) is 19.8. The molecule has 0 saturated heterocycles. The Labute approximate surface area is 231 Å². The minimum atomic E-state index is 0.636. The first kappa shape index (κ1) is 22.6. The summed E-state index contributed by atoms with van der Waals surface area (Å²) < 4.78 is 6.17. The summed E-state index contributed by atoms with van der Waals surface area (Å²) in [6.07, 6.45) is 1.83. The van der Waals surface area contributed by atoms with Crippen LogP contribution in [-0.2, 0) is 0 Å². The molecular weight excluding hydrogens is 488 g/mol. The van der Waals surface area contributed by atoms with Gasteiger partial charge in [-0.2, -0.15) is 0 Å². The van der Waals surface area contributed by atoms with E-state index in [2.05, 4.69) is 125 Å². The van der Waals surface area contributed by atoms with Crippen molar-refractivity contribution in [1.82, 2.24) is 4.98 Å². The Kier molecular flexibility index (Phi) is 5.14. The zero-order valence-electron chi connectivity index (χ0n) is 21.7. The molecule has 188 valence electrons. The molecule has 0 aliphatic carbocycles. The number of nitrogens with zero attached hydrogens (tertiary/aromatic N) is 2. The highest BCUT2D eigenvalue weighted by Crippen LogP contribution is 2.43. The maximum Gasteiger partial charge on any atom is 0.229 e. The van der Waals surface area contributed by atoms with E-state index in [9.17, 15) is 0 Å². The van der Waals surface area contributed by atoms with Gasteiger partial charge in [-0.25, -0.2) is 4.98 Å². The zero-order chi connectivity index (χ0) is 26.5. The molecule has 6 aromatic carbocycles. The Morgan fingerprint density at radius 3 is 2.05 bits per heavy atom. The molecule has 2 aromatic heterocycles. The number of aromatic nitrogens is 1. The lowest BCUT2D eigenvalue weighted by Crippen LogP contribution is -2.10. The smallest absolute Gasteiger partial charge is 0.229 e. The number of benzene rings is 6. The number of hydrogen-bond acceptors (Lipinski definition) is 3. The van der Waals surface area contributed by atoms with Crippen LogP contribution in [0.25, 0.3) is 54.7 Å². The molecule has 3 nitrogen and oxygen atoms in total. The van der Waals surface area contributed by atoms with Crippen LogP contribution in [0, 0.1) is 0 Å². The van der Waals surface area contributed by atoms with Gasteiger partial charge in [-0.15, -0.1) is 0 Å². The van der Waals surface area contributed by atoms with E-state index in [0.29, 0.717) is 5.71 Å². The van der Waals surface area contributed by atoms with E-state index in [1.165, 1.54) is 32.7 Å². The number of hydrogen-bond donors (Lipinski definition) is 0. The Bertz CT molecular complexity index is 2160. The van der Waals surface area contributed by atoms with E-state index < -0.39 is 0 Å². The highest BCUT2D eigenvalue weighted by molar-refractivity contribution is 6.13. The van der Waals surface area contributed by atoms with Crippen LogP contribution < -0.4 is 4.90 Å². The molecule has 0 fully saturated rings. The van der Waals surface area contributed by atoms with Gasteiger partial charge < -0.3 is 9.32 Å². The van der Waals surface area contributed by atoms with Gasteiger partial charge in [0.1, 0.15) is 5.58 Å². The van der Waals surface area contributed by atoms with Crippen molar-refractivity contribution < 1.29 is 4.42 Å². The third-order valence-corrected chi connectivity index (χ3v) is 7.72. The summed E-state index contributed by atoms with van der Waals surface area (Å²) in [6.45, 7) is 0. The van der Waals surface area contributed by atoms with Crippen molar-refractivity contribution in [2.45, 2.75) is 0 Å². The second-order valence-electron chi connectivity index (χ2n) is 10.0. The molecule has 0 amide bonds. The Morgan fingerprint density at radius 2 is 1.18 bits per heavy atom. The summed E-state index contributed by atoms with van der Waals surface area (Å²) >= 11 is 0. The van der Waals surface area contributed by atoms with Gasteiger partial charge in [0.15, 0.2) is 0 Å². The molecule has 40 heavy (non-hydrogen) atoms. The minimum Gasteiger partial charge on any atom is -0.438 e. The maximum atomic E-state index is 6.17. The maximum absolute atomic E-state index is 6.17. The Morgan fingerprint density at radius 1 is 0.500 bits per heavy atom. The molecule has 0 radical (unpaired) electrons. The normalized spacial score (nSPS) is 11.5. The van der Waals surface area contributed by atoms with Crippen molar-refractivity contribution in [3.05, 3.63) is 146 Å². The third-order valence-electron chi connectivity index (χ3n) is 7.72. The average Bonchev–Trinajstić information content (AvgIpc) is 3.41. The van der Waals surface area contributed by atoms with Gasteiger partial charge in [0.05, 0.1) is 11.1 Å². The van der Waals surface area contributed by atoms with Gasteiger partial charge >= 0.3 is 0 Å². The van der Waals surface area contributed by atoms with E-state index in [0.717, 1.165) is 33.4 Å². The Hall–Kier alpha value is -5.41. The predicted octanol–water partition coefficient (Wildman–Crippen LogP) is 10.4. The molecule has 0 aliphatic heterocycles. The molecule has 0 N–H and O–H groups in total. The molecular formula is C37H24N2O. The highest BCUT2D eigenvalue weighted by atomic mass is 16.3. The van der Waals surface area contributed by atoms with Crippen molar-refractivity contribution in [1.29, 1.82) is 0 Å². The molecule has 2 heterocycles. The summed E-state index contributed by atoms with van der Waals surface area (Å²) in [6, 6.07) is 49.2. The van der Waals surface area contributed by atoms with Gasteiger partial charge in [-0.1, -0.05) is 103 Å². The summed E-state index contributed by atoms with van der Waals surface area (Å²) in [7, 11) is 0. The zero-order valence-corrected chi connectivity index (χ0v) is 21.7. The molecule has 8 aromatic rings. The molecule has 0 aliphatic rings. The van der Waals surface area contributed by atoms with Crippen molar-refractivity contribution in [2.24, 2.45) is 0 Å². The highest BCUT2D eigenvalue weighted by Gasteiger charge is 2.20. The Balaban J connectivity index is 1.36. The first-order valence-electron chi connectivity index (χ1n) is 13.5. The molecule has 0 saturated carbocycles. The molecule has 3 heteroatoms. The van der Waals surface area contributed by atoms with Gasteiger partial charge in [0.2, 0.25) is 5.71 Å². The standard InChI is InChI=1S/C37H24N2O/c1-2-8-25(9-3-1)26-16-18-29(19-17-26)39(34-22-23-38-37-36(34)33-12-6-7-13-35(33)40-37)30-20-21-32-28(24-30)15-14-27-10-4-5-11-31(27)32/h1-24H. The monoisotopic (exact) mass is 512 g/mol. The van der Waals surface area contributed by atoms with E-state index in [4.69, 9.17) is 4.42 Å². The second-order valence-corrected chi connectivity index (χ2v) is 10.0. The number of para-hydroxylation sites is 1. The number of rotatable bonds is 4. The lowest BCUT2D eigenvalue weighted by Gasteiger charge is -2.26. The van der Waals surface area contributed by atoms with Gasteiger partial charge in [-0.05, 0) is 69.1 Å². The van der Waals surface area contributed by atoms with E-state index in [-0.39, 0.29) is 0 Å². The van der Waals surface area contributed by atoms with Crippen LogP contribution in [0.1, 0.15) is 0 Å². The van der Waals surface area contributed by atoms with Crippen LogP contribution in [0.2, 0.25) is 0 Å². The number of anilines is 3. The lowest BCUT2D eigenvalue weighted by molar-refractivity contribution is 0.654. The quantitative estimate of drug-likeness (QED) is 0.220. The topological polar surface area (TPSA) is 29.3 Å². The molecule has 0 bridgehead atoms. The summed E-state index contributed by atoms with van der Waals surface area (Å²) in [5.74, 6) is 0. The lowest BCUT2D eigenvalue weighted by atomic mass is 10.0. The van der Waals surface area contributed by atoms with Crippen molar-refractivity contribution in [2.75, 3.05) is 4.90 Å². The van der Waals surface area contributed by atoms with E-state index >= 15 is 0 Å². The average molecular weight is 513 g/mol. The van der Waals surface area contributed by atoms with Crippen molar-refractivity contribution in [3.8, 4) is 11.1 Å². The SMILES string of the molecule is c1ccc(-c2ccc(N(c3ccc4c(ccc5ccccc54)c3)c3ccnc4oc5ccccc5c34)cc2)cc1. The minimum absolute atomic E-state index is 0.636. The van der Waals surface area contributed by atoms with Crippen LogP contribution in [0.5, 0.6) is 0 Å². The van der Waals surface area contributed by atoms with Crippen LogP contribution in [0.4, 0.5) is 17.1 Å². The fourth-order valence-electron chi connectivity index (χ4n) is 5.82. The predicted molar refractivity (Wildman–Crippen MR) is 167 cm³/mol. The van der Waals surface area contributed by atoms with Gasteiger partial charge in [0, 0.05) is 23.0 Å². The van der Waals surface area contributed by atoms with Crippen LogP contribution in [0.3, 0.4) is 0 Å². The molecule has 0 spiro atoms. The van der Waals surface area contributed by atoms with Crippen LogP contribution >= 0.6 is 0 Å². The largest absolute Gasteiger partial charge is 0.438 e. The van der Waals surface area contributed by atoms with Gasteiger partial charge in [-0.3, -0.25) is 0 Å². The second kappa shape index (κ2) is 9.11. The van der Waals surface area contributed by atoms with Crippen LogP contribution in [0.15, 0.2) is 150 Å². The summed E-state index contributed by atoms with van der Waals surface area (Å²) in [5, 5.41) is 7.01. The van der Waals surface area contributed by atoms with Crippen molar-refractivity contribution >= 4 is 60.7 Å².